The lowest BCUT2D eigenvalue weighted by atomic mass is 10.1. The van der Waals surface area contributed by atoms with Crippen molar-refractivity contribution in [2.75, 3.05) is 7.11 Å². The Hall–Kier alpha value is -2.81. The van der Waals surface area contributed by atoms with Crippen LogP contribution in [0.4, 0.5) is 0 Å². The molecule has 2 aromatic carbocycles. The van der Waals surface area contributed by atoms with Crippen LogP contribution in [0.2, 0.25) is 0 Å². The van der Waals surface area contributed by atoms with Crippen LogP contribution >= 0.6 is 0 Å². The van der Waals surface area contributed by atoms with Gasteiger partial charge in [0.25, 0.3) is 0 Å². The molecule has 102 valence electrons. The third-order valence-electron chi connectivity index (χ3n) is 3.64. The monoisotopic (exact) mass is 275 g/mol. The fourth-order valence-electron chi connectivity index (χ4n) is 2.64. The molecule has 0 saturated carbocycles. The first-order chi connectivity index (χ1) is 10.4. The van der Waals surface area contributed by atoms with Crippen LogP contribution in [0.5, 0.6) is 5.75 Å². The van der Waals surface area contributed by atoms with Crippen LogP contribution in [0, 0.1) is 0 Å². The number of benzene rings is 2. The second-order valence-electron chi connectivity index (χ2n) is 4.86. The summed E-state index contributed by atoms with van der Waals surface area (Å²) >= 11 is 0. The number of nitrogens with zero attached hydrogens (tertiary/aromatic N) is 1. The van der Waals surface area contributed by atoms with Gasteiger partial charge in [-0.25, -0.2) is 0 Å². The van der Waals surface area contributed by atoms with Gasteiger partial charge in [-0.1, -0.05) is 24.3 Å². The van der Waals surface area contributed by atoms with E-state index in [1.807, 2.05) is 48.5 Å². The van der Waals surface area contributed by atoms with Crippen LogP contribution in [0.1, 0.15) is 0 Å². The SMILES string of the molecule is COc1ccc(-c2cc3ccccc3o2)c2cccnc12. The number of hydrogen-bond acceptors (Lipinski definition) is 3. The third-order valence-corrected chi connectivity index (χ3v) is 3.64. The quantitative estimate of drug-likeness (QED) is 0.534. The van der Waals surface area contributed by atoms with E-state index in [1.54, 1.807) is 13.3 Å². The van der Waals surface area contributed by atoms with Gasteiger partial charge in [-0.3, -0.25) is 4.98 Å². The maximum atomic E-state index is 5.97. The lowest BCUT2D eigenvalue weighted by Gasteiger charge is -2.07. The van der Waals surface area contributed by atoms with Crippen LogP contribution in [-0.4, -0.2) is 12.1 Å². The zero-order chi connectivity index (χ0) is 14.2. The number of pyridine rings is 1. The minimum Gasteiger partial charge on any atom is -0.494 e. The Morgan fingerprint density at radius 1 is 1.00 bits per heavy atom. The van der Waals surface area contributed by atoms with Crippen molar-refractivity contribution < 1.29 is 9.15 Å². The molecular weight excluding hydrogens is 262 g/mol. The molecule has 3 nitrogen and oxygen atoms in total. The highest BCUT2D eigenvalue weighted by Gasteiger charge is 2.12. The molecule has 0 unspecified atom stereocenters. The molecule has 2 heterocycles. The highest BCUT2D eigenvalue weighted by atomic mass is 16.5. The Morgan fingerprint density at radius 2 is 1.90 bits per heavy atom. The van der Waals surface area contributed by atoms with E-state index in [1.165, 1.54) is 0 Å². The normalized spacial score (nSPS) is 11.1. The summed E-state index contributed by atoms with van der Waals surface area (Å²) in [7, 11) is 1.66. The van der Waals surface area contributed by atoms with Crippen molar-refractivity contribution in [3.8, 4) is 17.1 Å². The predicted molar refractivity (Wildman–Crippen MR) is 83.5 cm³/mol. The average molecular weight is 275 g/mol. The van der Waals surface area contributed by atoms with Gasteiger partial charge in [0.15, 0.2) is 0 Å². The number of rotatable bonds is 2. The molecule has 0 aliphatic carbocycles. The largest absolute Gasteiger partial charge is 0.494 e. The molecule has 0 aliphatic heterocycles. The van der Waals surface area contributed by atoms with Crippen LogP contribution < -0.4 is 4.74 Å². The van der Waals surface area contributed by atoms with Crippen LogP contribution in [0.25, 0.3) is 33.2 Å². The molecule has 4 aromatic rings. The lowest BCUT2D eigenvalue weighted by molar-refractivity contribution is 0.419. The van der Waals surface area contributed by atoms with Gasteiger partial charge in [0, 0.05) is 22.5 Å². The fraction of sp³-hybridized carbons (Fsp3) is 0.0556. The van der Waals surface area contributed by atoms with E-state index in [4.69, 9.17) is 9.15 Å². The van der Waals surface area contributed by atoms with Gasteiger partial charge in [-0.05, 0) is 30.3 Å². The maximum absolute atomic E-state index is 5.97. The fourth-order valence-corrected chi connectivity index (χ4v) is 2.64. The number of fused-ring (bicyclic) bond motifs is 2. The minimum absolute atomic E-state index is 0.769. The van der Waals surface area contributed by atoms with Gasteiger partial charge in [0.2, 0.25) is 0 Å². The molecule has 0 atom stereocenters. The van der Waals surface area contributed by atoms with Crippen LogP contribution in [-0.2, 0) is 0 Å². The molecule has 3 heteroatoms. The van der Waals surface area contributed by atoms with Gasteiger partial charge in [0.05, 0.1) is 7.11 Å². The maximum Gasteiger partial charge on any atom is 0.145 e. The summed E-state index contributed by atoms with van der Waals surface area (Å²) in [5.74, 6) is 1.61. The van der Waals surface area contributed by atoms with Crippen molar-refractivity contribution in [2.45, 2.75) is 0 Å². The summed E-state index contributed by atoms with van der Waals surface area (Å²) < 4.78 is 11.4. The third kappa shape index (κ3) is 1.86. The summed E-state index contributed by atoms with van der Waals surface area (Å²) in [6, 6.07) is 18.0. The molecule has 0 saturated heterocycles. The standard InChI is InChI=1S/C18H13NO2/c1-20-16-9-8-13(14-6-4-10-19-18(14)16)17-11-12-5-2-3-7-15(12)21-17/h2-11H,1H3. The van der Waals surface area contributed by atoms with Gasteiger partial charge >= 0.3 is 0 Å². The smallest absolute Gasteiger partial charge is 0.145 e. The Morgan fingerprint density at radius 3 is 2.76 bits per heavy atom. The van der Waals surface area contributed by atoms with Crippen LogP contribution in [0.15, 0.2) is 65.2 Å². The van der Waals surface area contributed by atoms with Gasteiger partial charge in [-0.2, -0.15) is 0 Å². The van der Waals surface area contributed by atoms with E-state index in [0.29, 0.717) is 0 Å². The van der Waals surface area contributed by atoms with E-state index < -0.39 is 0 Å². The van der Waals surface area contributed by atoms with Gasteiger partial charge in [0.1, 0.15) is 22.6 Å². The molecule has 0 amide bonds. The minimum atomic E-state index is 0.769. The molecule has 21 heavy (non-hydrogen) atoms. The lowest BCUT2D eigenvalue weighted by Crippen LogP contribution is -1.89. The first-order valence-electron chi connectivity index (χ1n) is 6.77. The van der Waals surface area contributed by atoms with E-state index >= 15 is 0 Å². The molecule has 2 aromatic heterocycles. The Bertz CT molecular complexity index is 907. The number of ether oxygens (including phenoxy) is 1. The van der Waals surface area contributed by atoms with Gasteiger partial charge in [-0.15, -0.1) is 0 Å². The number of aromatic nitrogens is 1. The summed E-state index contributed by atoms with van der Waals surface area (Å²) in [4.78, 5) is 4.43. The predicted octanol–water partition coefficient (Wildman–Crippen LogP) is 4.66. The van der Waals surface area contributed by atoms with Crippen molar-refractivity contribution in [2.24, 2.45) is 0 Å². The summed E-state index contributed by atoms with van der Waals surface area (Å²) in [6.45, 7) is 0. The zero-order valence-electron chi connectivity index (χ0n) is 11.5. The van der Waals surface area contributed by atoms with E-state index in [9.17, 15) is 0 Å². The second-order valence-corrected chi connectivity index (χ2v) is 4.86. The summed E-state index contributed by atoms with van der Waals surface area (Å²) in [6.07, 6.45) is 1.77. The molecule has 0 aliphatic rings. The van der Waals surface area contributed by atoms with E-state index in [0.717, 1.165) is 38.9 Å². The number of hydrogen-bond donors (Lipinski definition) is 0. The van der Waals surface area contributed by atoms with Crippen molar-refractivity contribution in [3.05, 3.63) is 60.8 Å². The zero-order valence-corrected chi connectivity index (χ0v) is 11.5. The Kier molecular flexibility index (Phi) is 2.64. The number of para-hydroxylation sites is 1. The first-order valence-corrected chi connectivity index (χ1v) is 6.77. The molecule has 0 bridgehead atoms. The highest BCUT2D eigenvalue weighted by Crippen LogP contribution is 2.35. The second kappa shape index (κ2) is 4.63. The summed E-state index contributed by atoms with van der Waals surface area (Å²) in [5, 5.41) is 2.12. The topological polar surface area (TPSA) is 35.3 Å². The number of methoxy groups -OCH3 is 1. The highest BCUT2D eigenvalue weighted by molar-refractivity contribution is 5.98. The first kappa shape index (κ1) is 12.0. The molecular formula is C18H13NO2. The number of furan rings is 1. The molecule has 0 spiro atoms. The molecule has 0 fully saturated rings. The van der Waals surface area contributed by atoms with Gasteiger partial charge < -0.3 is 9.15 Å². The molecule has 4 rings (SSSR count). The van der Waals surface area contributed by atoms with Crippen molar-refractivity contribution in [1.82, 2.24) is 4.98 Å². The Labute approximate surface area is 121 Å². The van der Waals surface area contributed by atoms with E-state index in [-0.39, 0.29) is 0 Å². The summed E-state index contributed by atoms with van der Waals surface area (Å²) in [5.41, 5.74) is 2.76. The van der Waals surface area contributed by atoms with Crippen molar-refractivity contribution in [3.63, 3.8) is 0 Å². The van der Waals surface area contributed by atoms with Crippen molar-refractivity contribution in [1.29, 1.82) is 0 Å². The van der Waals surface area contributed by atoms with Crippen LogP contribution in [0.3, 0.4) is 0 Å². The average Bonchev–Trinajstić information content (AvgIpc) is 2.97. The molecule has 0 N–H and O–H groups in total. The molecule has 0 radical (unpaired) electrons. The Balaban J connectivity index is 2.02. The van der Waals surface area contributed by atoms with Crippen molar-refractivity contribution >= 4 is 21.9 Å². The van der Waals surface area contributed by atoms with E-state index in [2.05, 4.69) is 11.1 Å².